The maximum absolute atomic E-state index is 12.4. The first-order valence-corrected chi connectivity index (χ1v) is 6.99. The molecule has 0 radical (unpaired) electrons. The molecule has 19 heavy (non-hydrogen) atoms. The van der Waals surface area contributed by atoms with E-state index in [4.69, 9.17) is 11.6 Å². The molecule has 0 aliphatic carbocycles. The number of halogens is 1. The zero-order valence-corrected chi connectivity index (χ0v) is 12.0. The number of nitrogens with zero attached hydrogens (tertiary/aromatic N) is 1. The second kappa shape index (κ2) is 5.74. The molecular weight excluding hydrogens is 262 g/mol. The molecule has 1 aromatic rings. The maximum Gasteiger partial charge on any atom is 0.237 e. The molecule has 0 unspecified atom stereocenters. The van der Waals surface area contributed by atoms with Gasteiger partial charge in [0.25, 0.3) is 0 Å². The highest BCUT2D eigenvalue weighted by Gasteiger charge is 2.35. The minimum absolute atomic E-state index is 0.0451. The maximum atomic E-state index is 12.4. The standard InChI is InChI=1S/C15H18ClNO2/c1-10(2)14(18)13-4-3-9-17(15(13)19)12-7-5-11(16)6-8-12/h5-8,10,13H,3-4,9H2,1-2H3/t13-/m0/s1. The number of hydrogen-bond donors (Lipinski definition) is 0. The van der Waals surface area contributed by atoms with Crippen LogP contribution in [0.5, 0.6) is 0 Å². The van der Waals surface area contributed by atoms with Crippen LogP contribution in [0.1, 0.15) is 26.7 Å². The minimum Gasteiger partial charge on any atom is -0.312 e. The first-order chi connectivity index (χ1) is 9.00. The molecule has 0 aromatic heterocycles. The Labute approximate surface area is 118 Å². The fourth-order valence-corrected chi connectivity index (χ4v) is 2.54. The van der Waals surface area contributed by atoms with Crippen LogP contribution in [0.4, 0.5) is 5.69 Å². The third kappa shape index (κ3) is 2.98. The number of piperidine rings is 1. The van der Waals surface area contributed by atoms with Crippen LogP contribution in [-0.2, 0) is 9.59 Å². The van der Waals surface area contributed by atoms with Crippen molar-refractivity contribution in [1.82, 2.24) is 0 Å². The molecule has 1 aromatic carbocycles. The molecule has 1 atom stereocenters. The van der Waals surface area contributed by atoms with E-state index in [0.29, 0.717) is 18.0 Å². The number of anilines is 1. The molecule has 1 amide bonds. The number of carbonyl (C=O) groups excluding carboxylic acids is 2. The highest BCUT2D eigenvalue weighted by molar-refractivity contribution is 6.30. The summed E-state index contributed by atoms with van der Waals surface area (Å²) in [5, 5.41) is 0.642. The Kier molecular flexibility index (Phi) is 4.25. The van der Waals surface area contributed by atoms with Crippen molar-refractivity contribution >= 4 is 29.0 Å². The minimum atomic E-state index is -0.482. The predicted octanol–water partition coefficient (Wildman–Crippen LogP) is 3.31. The van der Waals surface area contributed by atoms with E-state index in [1.807, 2.05) is 26.0 Å². The van der Waals surface area contributed by atoms with Gasteiger partial charge >= 0.3 is 0 Å². The highest BCUT2D eigenvalue weighted by atomic mass is 35.5. The van der Waals surface area contributed by atoms with Crippen molar-refractivity contribution < 1.29 is 9.59 Å². The third-order valence-corrected chi connectivity index (χ3v) is 3.74. The Morgan fingerprint density at radius 2 is 1.95 bits per heavy atom. The summed E-state index contributed by atoms with van der Waals surface area (Å²) in [4.78, 5) is 26.2. The van der Waals surface area contributed by atoms with Crippen LogP contribution in [0, 0.1) is 11.8 Å². The Morgan fingerprint density at radius 3 is 2.53 bits per heavy atom. The summed E-state index contributed by atoms with van der Waals surface area (Å²) in [6.07, 6.45) is 1.53. The molecular formula is C15H18ClNO2. The van der Waals surface area contributed by atoms with Gasteiger partial charge in [0.2, 0.25) is 5.91 Å². The average Bonchev–Trinajstić information content (AvgIpc) is 2.39. The van der Waals surface area contributed by atoms with Crippen LogP contribution in [-0.4, -0.2) is 18.2 Å². The molecule has 0 saturated carbocycles. The van der Waals surface area contributed by atoms with E-state index in [2.05, 4.69) is 0 Å². The zero-order valence-electron chi connectivity index (χ0n) is 11.2. The van der Waals surface area contributed by atoms with E-state index in [1.54, 1.807) is 17.0 Å². The summed E-state index contributed by atoms with van der Waals surface area (Å²) < 4.78 is 0. The van der Waals surface area contributed by atoms with Crippen LogP contribution in [0.3, 0.4) is 0 Å². The van der Waals surface area contributed by atoms with Gasteiger partial charge in [0.1, 0.15) is 5.78 Å². The van der Waals surface area contributed by atoms with E-state index in [0.717, 1.165) is 12.1 Å². The smallest absolute Gasteiger partial charge is 0.237 e. The first kappa shape index (κ1) is 14.1. The summed E-state index contributed by atoms with van der Waals surface area (Å²) in [5.41, 5.74) is 0.815. The fraction of sp³-hybridized carbons (Fsp3) is 0.467. The van der Waals surface area contributed by atoms with Gasteiger partial charge in [0, 0.05) is 23.2 Å². The lowest BCUT2D eigenvalue weighted by atomic mass is 9.87. The molecule has 102 valence electrons. The lowest BCUT2D eigenvalue weighted by Crippen LogP contribution is -2.45. The molecule has 1 saturated heterocycles. The second-order valence-electron chi connectivity index (χ2n) is 5.22. The molecule has 1 aliphatic rings. The Hall–Kier alpha value is -1.35. The molecule has 0 bridgehead atoms. The van der Waals surface area contributed by atoms with Gasteiger partial charge in [-0.3, -0.25) is 9.59 Å². The average molecular weight is 280 g/mol. The molecule has 1 aliphatic heterocycles. The van der Waals surface area contributed by atoms with Crippen molar-refractivity contribution in [3.8, 4) is 0 Å². The number of ketones is 1. The van der Waals surface area contributed by atoms with Gasteiger partial charge in [-0.1, -0.05) is 25.4 Å². The molecule has 2 rings (SSSR count). The van der Waals surface area contributed by atoms with Gasteiger partial charge in [0.05, 0.1) is 5.92 Å². The van der Waals surface area contributed by atoms with E-state index in [-0.39, 0.29) is 17.6 Å². The Balaban J connectivity index is 2.21. The number of benzene rings is 1. The number of hydrogen-bond acceptors (Lipinski definition) is 2. The summed E-state index contributed by atoms with van der Waals surface area (Å²) >= 11 is 5.85. The lowest BCUT2D eigenvalue weighted by Gasteiger charge is -2.32. The monoisotopic (exact) mass is 279 g/mol. The summed E-state index contributed by atoms with van der Waals surface area (Å²) in [5.74, 6) is -0.612. The topological polar surface area (TPSA) is 37.4 Å². The largest absolute Gasteiger partial charge is 0.312 e. The number of Topliss-reactive ketones (excluding diaryl/α,β-unsaturated/α-hetero) is 1. The molecule has 0 N–H and O–H groups in total. The molecule has 4 heteroatoms. The summed E-state index contributed by atoms with van der Waals surface area (Å²) in [6, 6.07) is 7.17. The zero-order chi connectivity index (χ0) is 14.0. The van der Waals surface area contributed by atoms with Gasteiger partial charge in [-0.05, 0) is 37.1 Å². The Morgan fingerprint density at radius 1 is 1.32 bits per heavy atom. The number of carbonyl (C=O) groups is 2. The SMILES string of the molecule is CC(C)C(=O)[C@@H]1CCCN(c2ccc(Cl)cc2)C1=O. The first-order valence-electron chi connectivity index (χ1n) is 6.61. The van der Waals surface area contributed by atoms with Gasteiger partial charge in [-0.15, -0.1) is 0 Å². The summed E-state index contributed by atoms with van der Waals surface area (Å²) in [6.45, 7) is 4.36. The van der Waals surface area contributed by atoms with Gasteiger partial charge in [-0.25, -0.2) is 0 Å². The van der Waals surface area contributed by atoms with Crippen LogP contribution in [0.2, 0.25) is 5.02 Å². The summed E-state index contributed by atoms with van der Waals surface area (Å²) in [7, 11) is 0. The normalized spacial score (nSPS) is 19.9. The quantitative estimate of drug-likeness (QED) is 0.796. The molecule has 0 spiro atoms. The van der Waals surface area contributed by atoms with Gasteiger partial charge in [0.15, 0.2) is 0 Å². The highest BCUT2D eigenvalue weighted by Crippen LogP contribution is 2.27. The lowest BCUT2D eigenvalue weighted by molar-refractivity contribution is -0.135. The fourth-order valence-electron chi connectivity index (χ4n) is 2.42. The van der Waals surface area contributed by atoms with Crippen molar-refractivity contribution in [3.05, 3.63) is 29.3 Å². The van der Waals surface area contributed by atoms with Crippen LogP contribution in [0.25, 0.3) is 0 Å². The molecule has 3 nitrogen and oxygen atoms in total. The third-order valence-electron chi connectivity index (χ3n) is 3.49. The van der Waals surface area contributed by atoms with Crippen molar-refractivity contribution in [3.63, 3.8) is 0 Å². The second-order valence-corrected chi connectivity index (χ2v) is 5.65. The molecule has 1 fully saturated rings. The predicted molar refractivity (Wildman–Crippen MR) is 76.4 cm³/mol. The van der Waals surface area contributed by atoms with E-state index < -0.39 is 5.92 Å². The van der Waals surface area contributed by atoms with Crippen LogP contribution in [0.15, 0.2) is 24.3 Å². The van der Waals surface area contributed by atoms with Gasteiger partial charge < -0.3 is 4.90 Å². The van der Waals surface area contributed by atoms with E-state index in [9.17, 15) is 9.59 Å². The number of rotatable bonds is 3. The molecule has 1 heterocycles. The van der Waals surface area contributed by atoms with Crippen LogP contribution < -0.4 is 4.90 Å². The van der Waals surface area contributed by atoms with Crippen molar-refractivity contribution in [1.29, 1.82) is 0 Å². The van der Waals surface area contributed by atoms with Crippen molar-refractivity contribution in [2.75, 3.05) is 11.4 Å². The van der Waals surface area contributed by atoms with E-state index in [1.165, 1.54) is 0 Å². The van der Waals surface area contributed by atoms with Crippen molar-refractivity contribution in [2.24, 2.45) is 11.8 Å². The number of amides is 1. The van der Waals surface area contributed by atoms with E-state index >= 15 is 0 Å². The Bertz CT molecular complexity index is 481. The van der Waals surface area contributed by atoms with Crippen LogP contribution >= 0.6 is 11.6 Å². The van der Waals surface area contributed by atoms with Gasteiger partial charge in [-0.2, -0.15) is 0 Å². The van der Waals surface area contributed by atoms with Crippen molar-refractivity contribution in [2.45, 2.75) is 26.7 Å².